The van der Waals surface area contributed by atoms with Crippen LogP contribution in [0.4, 0.5) is 5.69 Å². The maximum absolute atomic E-state index is 11.9. The summed E-state index contributed by atoms with van der Waals surface area (Å²) in [5.41, 5.74) is 7.46. The largest absolute Gasteiger partial charge is 0.372 e. The second-order valence-electron chi connectivity index (χ2n) is 11.2. The van der Waals surface area contributed by atoms with Gasteiger partial charge >= 0.3 is 11.9 Å². The number of aromatic nitrogens is 1. The van der Waals surface area contributed by atoms with E-state index in [9.17, 15) is 9.59 Å². The normalized spacial score (nSPS) is 12.0. The van der Waals surface area contributed by atoms with Crippen LogP contribution in [0.15, 0.2) is 101 Å². The lowest BCUT2D eigenvalue weighted by atomic mass is 10.00. The summed E-state index contributed by atoms with van der Waals surface area (Å²) in [4.78, 5) is 35.9. The van der Waals surface area contributed by atoms with Crippen molar-refractivity contribution in [2.45, 2.75) is 53.9 Å². The van der Waals surface area contributed by atoms with Crippen molar-refractivity contribution in [3.63, 3.8) is 0 Å². The number of rotatable bonds is 12. The molecule has 1 aromatic heterocycles. The summed E-state index contributed by atoms with van der Waals surface area (Å²) in [6.07, 6.45) is 4.44. The number of fused-ring (bicyclic) bond motifs is 2. The number of benzene rings is 4. The first-order chi connectivity index (χ1) is 22.3. The molecule has 46 heavy (non-hydrogen) atoms. The van der Waals surface area contributed by atoms with Gasteiger partial charge in [0.1, 0.15) is 0 Å². The number of hydrogen-bond acceptors (Lipinski definition) is 7. The van der Waals surface area contributed by atoms with Crippen LogP contribution < -0.4 is 4.90 Å². The number of oxime groups is 2. The lowest BCUT2D eigenvalue weighted by molar-refractivity contribution is -0.141. The molecular formula is C38H40N4O4. The van der Waals surface area contributed by atoms with Crippen LogP contribution in [-0.2, 0) is 25.7 Å². The average molecular weight is 617 g/mol. The van der Waals surface area contributed by atoms with E-state index in [-0.39, 0.29) is 0 Å². The molecule has 0 amide bonds. The maximum atomic E-state index is 11.9. The monoisotopic (exact) mass is 616 g/mol. The molecule has 236 valence electrons. The Hall–Kier alpha value is -5.24. The molecule has 0 bridgehead atoms. The van der Waals surface area contributed by atoms with Gasteiger partial charge in [-0.2, -0.15) is 0 Å². The fourth-order valence-electron chi connectivity index (χ4n) is 5.88. The first-order valence-electron chi connectivity index (χ1n) is 15.7. The Morgan fingerprint density at radius 3 is 2.11 bits per heavy atom. The lowest BCUT2D eigenvalue weighted by Gasteiger charge is -2.21. The zero-order valence-electron chi connectivity index (χ0n) is 27.1. The third-order valence-electron chi connectivity index (χ3n) is 8.10. The van der Waals surface area contributed by atoms with Gasteiger partial charge in [0.05, 0.1) is 22.6 Å². The summed E-state index contributed by atoms with van der Waals surface area (Å²) >= 11 is 0. The van der Waals surface area contributed by atoms with E-state index >= 15 is 0 Å². The maximum Gasteiger partial charge on any atom is 0.331 e. The van der Waals surface area contributed by atoms with Crippen LogP contribution in [0, 0.1) is 0 Å². The van der Waals surface area contributed by atoms with Crippen LogP contribution >= 0.6 is 0 Å². The van der Waals surface area contributed by atoms with E-state index in [1.54, 1.807) is 0 Å². The highest BCUT2D eigenvalue weighted by Gasteiger charge is 2.19. The minimum absolute atomic E-state index is 0.458. The minimum Gasteiger partial charge on any atom is -0.372 e. The molecule has 0 saturated heterocycles. The van der Waals surface area contributed by atoms with E-state index in [0.717, 1.165) is 75.8 Å². The first-order valence-corrected chi connectivity index (χ1v) is 15.7. The van der Waals surface area contributed by atoms with Crippen LogP contribution in [0.3, 0.4) is 0 Å². The molecule has 0 spiro atoms. The molecule has 0 atom stereocenters. The van der Waals surface area contributed by atoms with Crippen LogP contribution in [-0.4, -0.2) is 41.0 Å². The van der Waals surface area contributed by atoms with Crippen molar-refractivity contribution in [3.05, 3.63) is 108 Å². The van der Waals surface area contributed by atoms with Gasteiger partial charge < -0.3 is 19.1 Å². The Morgan fingerprint density at radius 1 is 0.739 bits per heavy atom. The standard InChI is InChI=1S/C38H40N4O4/c1-6-41(7-2)30-20-22-38-34(24-30)35(36(40-46-28(5)44)19-13-16-29-14-9-8-10-15-29)25-42(38)37-23-21-31(26(3)39-45-27(4)43)32-17-11-12-18-33(32)37/h8-12,14-15,17-18,20-25H,6-7,13,16,19H2,1-5H3/b39-26+,40-36+. The Kier molecular flexibility index (Phi) is 10.3. The van der Waals surface area contributed by atoms with Crippen molar-refractivity contribution >= 4 is 50.7 Å². The summed E-state index contributed by atoms with van der Waals surface area (Å²) in [6, 6.07) is 29.1. The zero-order valence-corrected chi connectivity index (χ0v) is 27.1. The van der Waals surface area contributed by atoms with E-state index < -0.39 is 11.9 Å². The molecule has 0 aliphatic rings. The fraction of sp³-hybridized carbons (Fsp3) is 0.263. The topological polar surface area (TPSA) is 85.5 Å². The Morgan fingerprint density at radius 2 is 1.41 bits per heavy atom. The molecule has 0 N–H and O–H groups in total. The lowest BCUT2D eigenvalue weighted by Crippen LogP contribution is -2.21. The van der Waals surface area contributed by atoms with E-state index in [2.05, 4.69) is 82.3 Å². The summed E-state index contributed by atoms with van der Waals surface area (Å²) in [6.45, 7) is 10.6. The molecule has 0 aliphatic heterocycles. The average Bonchev–Trinajstić information content (AvgIpc) is 3.44. The number of anilines is 1. The predicted octanol–water partition coefficient (Wildman–Crippen LogP) is 8.21. The van der Waals surface area contributed by atoms with E-state index in [1.165, 1.54) is 19.4 Å². The predicted molar refractivity (Wildman–Crippen MR) is 186 cm³/mol. The van der Waals surface area contributed by atoms with Gasteiger partial charge in [-0.05, 0) is 75.2 Å². The Bertz CT molecular complexity index is 1920. The summed E-state index contributed by atoms with van der Waals surface area (Å²) < 4.78 is 2.18. The summed E-state index contributed by atoms with van der Waals surface area (Å²) in [5, 5.41) is 11.5. The van der Waals surface area contributed by atoms with Gasteiger partial charge in [0.15, 0.2) is 0 Å². The molecule has 5 aromatic rings. The molecule has 0 radical (unpaired) electrons. The molecular weight excluding hydrogens is 576 g/mol. The highest BCUT2D eigenvalue weighted by atomic mass is 16.7. The van der Waals surface area contributed by atoms with Crippen LogP contribution in [0.2, 0.25) is 0 Å². The Labute approximate surface area is 269 Å². The molecule has 5 rings (SSSR count). The molecule has 8 heteroatoms. The molecule has 0 fully saturated rings. The van der Waals surface area contributed by atoms with Crippen molar-refractivity contribution < 1.29 is 19.3 Å². The quantitative estimate of drug-likeness (QED) is 0.0801. The van der Waals surface area contributed by atoms with Crippen molar-refractivity contribution in [1.29, 1.82) is 0 Å². The van der Waals surface area contributed by atoms with E-state index in [4.69, 9.17) is 9.68 Å². The van der Waals surface area contributed by atoms with Crippen molar-refractivity contribution in [3.8, 4) is 5.69 Å². The highest BCUT2D eigenvalue weighted by molar-refractivity contribution is 6.14. The third kappa shape index (κ3) is 7.18. The molecule has 8 nitrogen and oxygen atoms in total. The SMILES string of the molecule is CCN(CC)c1ccc2c(c1)c(/C(CCCc1ccccc1)=N/OC(C)=O)cn2-c1ccc(/C(C)=N/OC(C)=O)c2ccccc12. The zero-order chi connectivity index (χ0) is 32.6. The van der Waals surface area contributed by atoms with Crippen LogP contribution in [0.5, 0.6) is 0 Å². The van der Waals surface area contributed by atoms with Gasteiger partial charge in [-0.15, -0.1) is 0 Å². The Balaban J connectivity index is 1.68. The van der Waals surface area contributed by atoms with Gasteiger partial charge in [0.25, 0.3) is 0 Å². The molecule has 1 heterocycles. The van der Waals surface area contributed by atoms with Gasteiger partial charge in [0.2, 0.25) is 0 Å². The van der Waals surface area contributed by atoms with Crippen LogP contribution in [0.1, 0.15) is 64.2 Å². The smallest absolute Gasteiger partial charge is 0.331 e. The first kappa shape index (κ1) is 32.2. The molecule has 4 aromatic carbocycles. The van der Waals surface area contributed by atoms with Crippen LogP contribution in [0.25, 0.3) is 27.4 Å². The summed E-state index contributed by atoms with van der Waals surface area (Å²) in [5.74, 6) is -0.925. The number of aryl methyl sites for hydroxylation is 1. The number of carbonyl (C=O) groups is 2. The highest BCUT2D eigenvalue weighted by Crippen LogP contribution is 2.34. The van der Waals surface area contributed by atoms with Gasteiger partial charge in [-0.1, -0.05) is 71.0 Å². The number of carbonyl (C=O) groups excluding carboxylic acids is 2. The third-order valence-corrected chi connectivity index (χ3v) is 8.10. The van der Waals surface area contributed by atoms with Crippen molar-refractivity contribution in [2.75, 3.05) is 18.0 Å². The molecule has 0 saturated carbocycles. The number of hydrogen-bond donors (Lipinski definition) is 0. The van der Waals surface area contributed by atoms with E-state index in [0.29, 0.717) is 12.1 Å². The molecule has 0 aliphatic carbocycles. The van der Waals surface area contributed by atoms with Gasteiger partial charge in [0, 0.05) is 60.7 Å². The summed E-state index contributed by atoms with van der Waals surface area (Å²) in [7, 11) is 0. The van der Waals surface area contributed by atoms with Gasteiger partial charge in [-0.3, -0.25) is 0 Å². The van der Waals surface area contributed by atoms with Gasteiger partial charge in [-0.25, -0.2) is 9.59 Å². The van der Waals surface area contributed by atoms with E-state index in [1.807, 2.05) is 49.4 Å². The minimum atomic E-state index is -0.467. The molecule has 0 unspecified atom stereocenters. The fourth-order valence-corrected chi connectivity index (χ4v) is 5.88. The second kappa shape index (κ2) is 14.7. The number of nitrogens with zero attached hydrogens (tertiary/aromatic N) is 4. The van der Waals surface area contributed by atoms with Crippen molar-refractivity contribution in [1.82, 2.24) is 4.57 Å². The van der Waals surface area contributed by atoms with Crippen molar-refractivity contribution in [2.24, 2.45) is 10.3 Å². The second-order valence-corrected chi connectivity index (χ2v) is 11.2.